The number of aliphatic hydroxyl groups is 1. The van der Waals surface area contributed by atoms with Crippen molar-refractivity contribution in [3.05, 3.63) is 12.7 Å². The molecular weight excluding hydrogens is 174 g/mol. The van der Waals surface area contributed by atoms with Gasteiger partial charge in [-0.25, -0.2) is 0 Å². The molecule has 1 saturated heterocycles. The van der Waals surface area contributed by atoms with Crippen molar-refractivity contribution in [3.63, 3.8) is 0 Å². The number of hydrogen-bond donors (Lipinski definition) is 1. The van der Waals surface area contributed by atoms with Gasteiger partial charge in [-0.3, -0.25) is 4.90 Å². The Morgan fingerprint density at radius 2 is 2.29 bits per heavy atom. The summed E-state index contributed by atoms with van der Waals surface area (Å²) in [5, 5.41) is 9.24. The zero-order valence-corrected chi connectivity index (χ0v) is 9.45. The summed E-state index contributed by atoms with van der Waals surface area (Å²) in [7, 11) is 0. The lowest BCUT2D eigenvalue weighted by Crippen LogP contribution is -2.42. The first kappa shape index (κ1) is 11.7. The van der Waals surface area contributed by atoms with Gasteiger partial charge in [0.05, 0.1) is 6.61 Å². The Kier molecular flexibility index (Phi) is 4.63. The van der Waals surface area contributed by atoms with Crippen LogP contribution in [0.5, 0.6) is 0 Å². The molecule has 2 heteroatoms. The van der Waals surface area contributed by atoms with Gasteiger partial charge >= 0.3 is 0 Å². The van der Waals surface area contributed by atoms with Crippen LogP contribution < -0.4 is 0 Å². The van der Waals surface area contributed by atoms with Gasteiger partial charge < -0.3 is 5.11 Å². The van der Waals surface area contributed by atoms with E-state index in [2.05, 4.69) is 25.3 Å². The van der Waals surface area contributed by atoms with Crippen molar-refractivity contribution in [2.24, 2.45) is 5.92 Å². The summed E-state index contributed by atoms with van der Waals surface area (Å²) >= 11 is 0. The van der Waals surface area contributed by atoms with Crippen LogP contribution in [0.2, 0.25) is 0 Å². The molecule has 3 atom stereocenters. The van der Waals surface area contributed by atoms with Crippen LogP contribution in [-0.4, -0.2) is 35.2 Å². The van der Waals surface area contributed by atoms with Gasteiger partial charge in [0.15, 0.2) is 0 Å². The lowest BCUT2D eigenvalue weighted by atomic mass is 9.98. The second kappa shape index (κ2) is 5.52. The molecule has 1 aliphatic heterocycles. The first-order valence-electron chi connectivity index (χ1n) is 5.68. The highest BCUT2D eigenvalue weighted by atomic mass is 16.3. The number of likely N-dealkylation sites (tertiary alicyclic amines) is 1. The maximum absolute atomic E-state index is 9.24. The van der Waals surface area contributed by atoms with E-state index in [0.717, 1.165) is 19.4 Å². The lowest BCUT2D eigenvalue weighted by Gasteiger charge is -2.33. The number of aliphatic hydroxyl groups excluding tert-OH is 1. The maximum atomic E-state index is 9.24. The third kappa shape index (κ3) is 2.58. The molecule has 1 heterocycles. The van der Waals surface area contributed by atoms with Crippen LogP contribution in [0.4, 0.5) is 0 Å². The van der Waals surface area contributed by atoms with Crippen molar-refractivity contribution in [1.29, 1.82) is 0 Å². The molecule has 0 aromatic heterocycles. The van der Waals surface area contributed by atoms with Gasteiger partial charge in [-0.05, 0) is 38.6 Å². The minimum Gasteiger partial charge on any atom is -0.395 e. The number of rotatable bonds is 5. The Labute approximate surface area is 87.6 Å². The van der Waals surface area contributed by atoms with E-state index in [1.54, 1.807) is 0 Å². The minimum absolute atomic E-state index is 0.311. The van der Waals surface area contributed by atoms with E-state index in [1.165, 1.54) is 6.42 Å². The van der Waals surface area contributed by atoms with Crippen LogP contribution in [0.25, 0.3) is 0 Å². The van der Waals surface area contributed by atoms with E-state index in [4.69, 9.17) is 0 Å². The van der Waals surface area contributed by atoms with Gasteiger partial charge in [0, 0.05) is 12.1 Å². The number of allylic oxidation sites excluding steroid dienone is 1. The monoisotopic (exact) mass is 197 g/mol. The van der Waals surface area contributed by atoms with Gasteiger partial charge in [-0.2, -0.15) is 0 Å². The Balaban J connectivity index is 2.49. The van der Waals surface area contributed by atoms with Crippen molar-refractivity contribution < 1.29 is 5.11 Å². The van der Waals surface area contributed by atoms with Crippen LogP contribution >= 0.6 is 0 Å². The van der Waals surface area contributed by atoms with Gasteiger partial charge in [-0.1, -0.05) is 13.0 Å². The molecule has 1 rings (SSSR count). The summed E-state index contributed by atoms with van der Waals surface area (Å²) in [6, 6.07) is 0.963. The average molecular weight is 197 g/mol. The summed E-state index contributed by atoms with van der Waals surface area (Å²) in [5.41, 5.74) is 0. The van der Waals surface area contributed by atoms with E-state index in [-0.39, 0.29) is 0 Å². The molecule has 0 saturated carbocycles. The van der Waals surface area contributed by atoms with E-state index in [1.807, 2.05) is 6.08 Å². The molecule has 1 aliphatic rings. The minimum atomic E-state index is 0.311. The molecular formula is C12H23NO. The third-order valence-electron chi connectivity index (χ3n) is 3.52. The van der Waals surface area contributed by atoms with Crippen molar-refractivity contribution in [3.8, 4) is 0 Å². The van der Waals surface area contributed by atoms with Gasteiger partial charge in [-0.15, -0.1) is 6.58 Å². The Morgan fingerprint density at radius 3 is 2.86 bits per heavy atom. The average Bonchev–Trinajstić information content (AvgIpc) is 2.64. The summed E-state index contributed by atoms with van der Waals surface area (Å²) in [4.78, 5) is 2.45. The van der Waals surface area contributed by atoms with Crippen molar-refractivity contribution in [1.82, 2.24) is 4.90 Å². The molecule has 14 heavy (non-hydrogen) atoms. The fourth-order valence-corrected chi connectivity index (χ4v) is 2.38. The molecule has 0 amide bonds. The molecule has 3 unspecified atom stereocenters. The Hall–Kier alpha value is -0.340. The van der Waals surface area contributed by atoms with Crippen molar-refractivity contribution in [2.45, 2.75) is 45.2 Å². The highest BCUT2D eigenvalue weighted by molar-refractivity contribution is 4.86. The predicted molar refractivity (Wildman–Crippen MR) is 60.3 cm³/mol. The molecule has 0 aromatic rings. The summed E-state index contributed by atoms with van der Waals surface area (Å²) < 4.78 is 0. The SMILES string of the molecule is C=CCC(C)C(C)N1CCCC1CO. The normalized spacial score (nSPS) is 27.5. The molecule has 0 aliphatic carbocycles. The molecule has 0 spiro atoms. The molecule has 0 radical (unpaired) electrons. The second-order valence-electron chi connectivity index (χ2n) is 4.46. The highest BCUT2D eigenvalue weighted by Gasteiger charge is 2.29. The fraction of sp³-hybridized carbons (Fsp3) is 0.833. The van der Waals surface area contributed by atoms with Crippen molar-refractivity contribution >= 4 is 0 Å². The molecule has 0 aromatic carbocycles. The van der Waals surface area contributed by atoms with E-state index in [9.17, 15) is 5.11 Å². The van der Waals surface area contributed by atoms with Gasteiger partial charge in [0.25, 0.3) is 0 Å². The van der Waals surface area contributed by atoms with E-state index < -0.39 is 0 Å². The molecule has 0 bridgehead atoms. The zero-order chi connectivity index (χ0) is 10.6. The summed E-state index contributed by atoms with van der Waals surface area (Å²) in [6.45, 7) is 9.77. The fourth-order valence-electron chi connectivity index (χ4n) is 2.38. The van der Waals surface area contributed by atoms with Crippen LogP contribution in [0, 0.1) is 5.92 Å². The first-order chi connectivity index (χ1) is 6.70. The number of hydrogen-bond acceptors (Lipinski definition) is 2. The molecule has 2 nitrogen and oxygen atoms in total. The van der Waals surface area contributed by atoms with E-state index in [0.29, 0.717) is 24.6 Å². The maximum Gasteiger partial charge on any atom is 0.0586 e. The van der Waals surface area contributed by atoms with Crippen molar-refractivity contribution in [2.75, 3.05) is 13.2 Å². The summed E-state index contributed by atoms with van der Waals surface area (Å²) in [6.07, 6.45) is 5.44. The van der Waals surface area contributed by atoms with E-state index >= 15 is 0 Å². The van der Waals surface area contributed by atoms with Crippen LogP contribution in [0.3, 0.4) is 0 Å². The highest BCUT2D eigenvalue weighted by Crippen LogP contribution is 2.24. The quantitative estimate of drug-likeness (QED) is 0.682. The third-order valence-corrected chi connectivity index (χ3v) is 3.52. The lowest BCUT2D eigenvalue weighted by molar-refractivity contribution is 0.101. The van der Waals surface area contributed by atoms with Gasteiger partial charge in [0.2, 0.25) is 0 Å². The Morgan fingerprint density at radius 1 is 1.57 bits per heavy atom. The summed E-state index contributed by atoms with van der Waals surface area (Å²) in [5.74, 6) is 0.639. The number of nitrogens with zero attached hydrogens (tertiary/aromatic N) is 1. The first-order valence-corrected chi connectivity index (χ1v) is 5.68. The largest absolute Gasteiger partial charge is 0.395 e. The standard InChI is InChI=1S/C12H23NO/c1-4-6-10(2)11(3)13-8-5-7-12(13)9-14/h4,10-12,14H,1,5-9H2,2-3H3. The molecule has 82 valence electrons. The van der Waals surface area contributed by atoms with Crippen LogP contribution in [-0.2, 0) is 0 Å². The smallest absolute Gasteiger partial charge is 0.0586 e. The van der Waals surface area contributed by atoms with Crippen LogP contribution in [0.15, 0.2) is 12.7 Å². The van der Waals surface area contributed by atoms with Gasteiger partial charge in [0.1, 0.15) is 0 Å². The molecule has 1 N–H and O–H groups in total. The van der Waals surface area contributed by atoms with Crippen LogP contribution in [0.1, 0.15) is 33.1 Å². The topological polar surface area (TPSA) is 23.5 Å². The second-order valence-corrected chi connectivity index (χ2v) is 4.46. The Bertz CT molecular complexity index is 181. The zero-order valence-electron chi connectivity index (χ0n) is 9.45. The predicted octanol–water partition coefficient (Wildman–Crippen LogP) is 2.04. The molecule has 1 fully saturated rings.